The number of hydrogen-bond acceptors (Lipinski definition) is 5. The first-order valence-corrected chi connectivity index (χ1v) is 16.7. The van der Waals surface area contributed by atoms with Crippen LogP contribution in [0.4, 0.5) is 22.0 Å². The molecule has 1 fully saturated rings. The average molecular weight is 703 g/mol. The summed E-state index contributed by atoms with van der Waals surface area (Å²) >= 11 is 6.55. The molecule has 0 amide bonds. The van der Waals surface area contributed by atoms with Crippen LogP contribution in [-0.2, 0) is 6.42 Å². The zero-order chi connectivity index (χ0) is 35.1. The van der Waals surface area contributed by atoms with Crippen molar-refractivity contribution >= 4 is 44.9 Å². The van der Waals surface area contributed by atoms with Crippen molar-refractivity contribution in [2.24, 2.45) is 5.92 Å². The van der Waals surface area contributed by atoms with Gasteiger partial charge in [0.1, 0.15) is 23.4 Å². The van der Waals surface area contributed by atoms with Crippen molar-refractivity contribution in [3.63, 3.8) is 0 Å². The van der Waals surface area contributed by atoms with E-state index in [4.69, 9.17) is 27.0 Å². The van der Waals surface area contributed by atoms with E-state index in [0.717, 1.165) is 6.07 Å². The second-order valence-corrected chi connectivity index (χ2v) is 13.7. The van der Waals surface area contributed by atoms with E-state index in [1.807, 2.05) is 23.1 Å². The van der Waals surface area contributed by atoms with Crippen LogP contribution < -0.4 is 10.8 Å². The summed E-state index contributed by atoms with van der Waals surface area (Å²) in [5, 5.41) is 11.6. The van der Waals surface area contributed by atoms with Gasteiger partial charge in [0.25, 0.3) is 13.0 Å². The molecule has 6 nitrogen and oxygen atoms in total. The predicted octanol–water partition coefficient (Wildman–Crippen LogP) is 8.30. The number of nitrogens with zero attached hydrogens (tertiary/aromatic N) is 3. The largest absolute Gasteiger partial charge is 0.357 e. The lowest BCUT2D eigenvalue weighted by molar-refractivity contribution is -0.0384. The Bertz CT molecular complexity index is 1910. The fourth-order valence-electron chi connectivity index (χ4n) is 6.55. The fourth-order valence-corrected chi connectivity index (χ4v) is 7.12. The van der Waals surface area contributed by atoms with Crippen LogP contribution in [0.15, 0.2) is 41.2 Å². The summed E-state index contributed by atoms with van der Waals surface area (Å²) in [7, 11) is 5.12. The maximum Gasteiger partial charge on any atom is 0.270 e. The number of nitrogens with one attached hydrogen (secondary N) is 2. The monoisotopic (exact) mass is 702 g/mol. The molecule has 0 saturated heterocycles. The molecule has 1 radical (unpaired) electrons. The molecule has 0 aliphatic heterocycles. The zero-order valence-electron chi connectivity index (χ0n) is 27.0. The second-order valence-electron chi connectivity index (χ2n) is 12.7. The number of benzene rings is 2. The van der Waals surface area contributed by atoms with Gasteiger partial charge in [-0.2, -0.15) is 0 Å². The minimum atomic E-state index is -2.78. The third kappa shape index (κ3) is 7.36. The van der Waals surface area contributed by atoms with E-state index in [9.17, 15) is 22.4 Å². The van der Waals surface area contributed by atoms with Crippen molar-refractivity contribution in [3.8, 4) is 5.69 Å². The summed E-state index contributed by atoms with van der Waals surface area (Å²) in [6.45, 7) is 5.48. The third-order valence-electron chi connectivity index (χ3n) is 9.05. The highest BCUT2D eigenvalue weighted by atomic mass is 35.5. The van der Waals surface area contributed by atoms with Gasteiger partial charge < -0.3 is 10.6 Å². The first kappa shape index (κ1) is 36.1. The van der Waals surface area contributed by atoms with Crippen LogP contribution in [0.2, 0.25) is 5.02 Å². The van der Waals surface area contributed by atoms with Crippen molar-refractivity contribution in [1.82, 2.24) is 19.8 Å². The summed E-state index contributed by atoms with van der Waals surface area (Å²) in [6.07, 6.45) is -0.280. The molecule has 48 heavy (non-hydrogen) atoms. The molecule has 5 rings (SSSR count). The highest BCUT2D eigenvalue weighted by Gasteiger charge is 2.37. The molecule has 0 bridgehead atoms. The molecule has 2 aromatic carbocycles. The smallest absolute Gasteiger partial charge is 0.270 e. The lowest BCUT2D eigenvalue weighted by Crippen LogP contribution is -2.31. The van der Waals surface area contributed by atoms with E-state index in [1.165, 1.54) is 30.2 Å². The molecule has 3 unspecified atom stereocenters. The van der Waals surface area contributed by atoms with Crippen LogP contribution in [0.3, 0.4) is 0 Å². The third-order valence-corrected chi connectivity index (χ3v) is 9.72. The van der Waals surface area contributed by atoms with Gasteiger partial charge in [-0.15, -0.1) is 0 Å². The van der Waals surface area contributed by atoms with Crippen LogP contribution in [0.25, 0.3) is 16.7 Å². The number of aromatic nitrogens is 3. The maximum atomic E-state index is 15.4. The minimum absolute atomic E-state index is 0.00605. The Kier molecular flexibility index (Phi) is 10.8. The highest BCUT2D eigenvalue weighted by Crippen LogP contribution is 2.42. The maximum absolute atomic E-state index is 15.4. The number of fused-ring (bicyclic) bond motifs is 1. The first-order valence-electron chi connectivity index (χ1n) is 15.7. The molecule has 1 aliphatic rings. The van der Waals surface area contributed by atoms with E-state index >= 15 is 4.39 Å². The van der Waals surface area contributed by atoms with Crippen LogP contribution >= 0.6 is 20.8 Å². The molecule has 3 atom stereocenters. The van der Waals surface area contributed by atoms with Gasteiger partial charge >= 0.3 is 0 Å². The molecule has 0 spiro atoms. The van der Waals surface area contributed by atoms with Gasteiger partial charge in [-0.25, -0.2) is 31.9 Å². The topological polar surface area (TPSA) is 83.7 Å². The Hall–Kier alpha value is -3.21. The molecule has 1 saturated carbocycles. The van der Waals surface area contributed by atoms with E-state index in [0.29, 0.717) is 28.1 Å². The second kappa shape index (κ2) is 14.3. The summed E-state index contributed by atoms with van der Waals surface area (Å²) < 4.78 is 73.4. The summed E-state index contributed by atoms with van der Waals surface area (Å²) in [6, 6.07) is 7.85. The van der Waals surface area contributed by atoms with Crippen molar-refractivity contribution in [3.05, 3.63) is 97.2 Å². The Balaban J connectivity index is 1.83. The summed E-state index contributed by atoms with van der Waals surface area (Å²) in [5.41, 5.74) is 1.25. The van der Waals surface area contributed by atoms with E-state index < -0.39 is 34.9 Å². The van der Waals surface area contributed by atoms with Crippen LogP contribution in [0, 0.1) is 29.9 Å². The Morgan fingerprint density at radius 1 is 1.15 bits per heavy atom. The van der Waals surface area contributed by atoms with Gasteiger partial charge in [0.15, 0.2) is 5.65 Å². The predicted molar refractivity (Wildman–Crippen MR) is 184 cm³/mol. The number of halogens is 6. The molecular formula is C34H36BClF5N5OP. The van der Waals surface area contributed by atoms with Crippen molar-refractivity contribution in [2.75, 3.05) is 7.05 Å². The number of rotatable bonds is 10. The zero-order valence-corrected chi connectivity index (χ0v) is 28.9. The average Bonchev–Trinajstić information content (AvgIpc) is 2.99. The van der Waals surface area contributed by atoms with E-state index in [2.05, 4.69) is 5.23 Å². The van der Waals surface area contributed by atoms with Gasteiger partial charge in [0.2, 0.25) is 5.92 Å². The molecule has 2 N–H and O–H groups in total. The van der Waals surface area contributed by atoms with Crippen LogP contribution in [-0.4, -0.2) is 40.5 Å². The SMILES string of the molecule is CN[B]C(=N)c1c(Cl)ccc(-n2c(C(Cc3cc(F)cc(F)c3)C(C)C)nc3nc(C4CCC(F)(F)CC4)cc(C(F)P)c3c2=O)c1C. The van der Waals surface area contributed by atoms with Crippen molar-refractivity contribution in [2.45, 2.75) is 76.5 Å². The summed E-state index contributed by atoms with van der Waals surface area (Å²) in [5.74, 6) is -7.00. The van der Waals surface area contributed by atoms with Gasteiger partial charge in [0, 0.05) is 58.2 Å². The highest BCUT2D eigenvalue weighted by molar-refractivity contribution is 7.16. The van der Waals surface area contributed by atoms with Gasteiger partial charge in [0.05, 0.1) is 11.1 Å². The number of hydrogen-bond donors (Lipinski definition) is 2. The fraction of sp³-hybridized carbons (Fsp3) is 0.412. The van der Waals surface area contributed by atoms with Crippen LogP contribution in [0.1, 0.15) is 91.1 Å². The molecule has 1 aliphatic carbocycles. The Morgan fingerprint density at radius 2 is 1.79 bits per heavy atom. The molecule has 2 aromatic heterocycles. The number of pyridine rings is 1. The lowest BCUT2D eigenvalue weighted by atomic mass is 9.80. The Morgan fingerprint density at radius 3 is 2.38 bits per heavy atom. The van der Waals surface area contributed by atoms with E-state index in [-0.39, 0.29) is 77.0 Å². The minimum Gasteiger partial charge on any atom is -0.357 e. The number of alkyl halides is 3. The standard InChI is InChI=1S/C34H36BClF5N5OP/c1-16(2)22(13-18-11-20(37)14-21(38)12-18)32-45-31-28(23(30(39)48)15-25(44-31)19-7-9-34(40,41)10-8-19)33(47)46(32)26-6-5-24(36)27(17(26)3)29(42)35-43-4/h5-6,11-12,14-16,19,22,30,42-43H,7-10,13,48H2,1-4H3. The summed E-state index contributed by atoms with van der Waals surface area (Å²) in [4.78, 5) is 24.4. The van der Waals surface area contributed by atoms with Crippen LogP contribution in [0.5, 0.6) is 0 Å². The molecule has 4 aromatic rings. The first-order chi connectivity index (χ1) is 22.6. The van der Waals surface area contributed by atoms with Crippen molar-refractivity contribution in [1.29, 1.82) is 5.41 Å². The van der Waals surface area contributed by atoms with E-state index in [1.54, 1.807) is 26.1 Å². The molecule has 2 heterocycles. The Labute approximate surface area is 283 Å². The lowest BCUT2D eigenvalue weighted by Gasteiger charge is -2.29. The molecular weight excluding hydrogens is 667 g/mol. The molecule has 14 heteroatoms. The van der Waals surface area contributed by atoms with Gasteiger partial charge in [-0.3, -0.25) is 9.36 Å². The van der Waals surface area contributed by atoms with Crippen molar-refractivity contribution < 1.29 is 22.0 Å². The normalized spacial score (nSPS) is 16.3. The van der Waals surface area contributed by atoms with Gasteiger partial charge in [-0.05, 0) is 80.6 Å². The van der Waals surface area contributed by atoms with Gasteiger partial charge in [-0.1, -0.05) is 34.7 Å². The molecule has 253 valence electrons. The quantitative estimate of drug-likeness (QED) is 0.0754.